The van der Waals surface area contributed by atoms with E-state index in [1.54, 1.807) is 18.2 Å². The molecule has 0 aromatic heterocycles. The fraction of sp³-hybridized carbons (Fsp3) is 0.273. The van der Waals surface area contributed by atoms with Gasteiger partial charge in [-0.15, -0.1) is 11.6 Å². The van der Waals surface area contributed by atoms with Crippen molar-refractivity contribution in [2.75, 3.05) is 6.61 Å². The highest BCUT2D eigenvalue weighted by Crippen LogP contribution is 2.25. The first kappa shape index (κ1) is 11.1. The summed E-state index contributed by atoms with van der Waals surface area (Å²) in [6, 6.07) is 4.61. The summed E-state index contributed by atoms with van der Waals surface area (Å²) in [6.07, 6.45) is 1.57. The molecule has 1 nitrogen and oxygen atoms in total. The van der Waals surface area contributed by atoms with Crippen LogP contribution in [0, 0.1) is 5.82 Å². The van der Waals surface area contributed by atoms with Gasteiger partial charge in [-0.3, -0.25) is 0 Å². The normalized spacial score (nSPS) is 12.2. The molecule has 1 rings (SSSR count). The SMILES string of the molecule is C=CCOc1cc([C@H](C)Cl)ccc1F. The number of ether oxygens (including phenoxy) is 1. The van der Waals surface area contributed by atoms with Gasteiger partial charge in [0.1, 0.15) is 6.61 Å². The Hall–Kier alpha value is -1.02. The lowest BCUT2D eigenvalue weighted by atomic mass is 10.1. The Kier molecular flexibility index (Phi) is 3.96. The van der Waals surface area contributed by atoms with E-state index in [1.165, 1.54) is 6.07 Å². The molecule has 0 aliphatic rings. The molecule has 14 heavy (non-hydrogen) atoms. The number of halogens is 2. The van der Waals surface area contributed by atoms with Gasteiger partial charge in [-0.2, -0.15) is 0 Å². The lowest BCUT2D eigenvalue weighted by molar-refractivity contribution is 0.341. The van der Waals surface area contributed by atoms with Gasteiger partial charge in [0.05, 0.1) is 5.38 Å². The van der Waals surface area contributed by atoms with Crippen LogP contribution in [0.1, 0.15) is 17.9 Å². The summed E-state index contributed by atoms with van der Waals surface area (Å²) in [4.78, 5) is 0. The molecule has 0 saturated carbocycles. The van der Waals surface area contributed by atoms with E-state index >= 15 is 0 Å². The largest absolute Gasteiger partial charge is 0.486 e. The molecule has 0 aliphatic carbocycles. The van der Waals surface area contributed by atoms with Gasteiger partial charge in [0.15, 0.2) is 11.6 Å². The van der Waals surface area contributed by atoms with E-state index in [4.69, 9.17) is 16.3 Å². The van der Waals surface area contributed by atoms with Crippen molar-refractivity contribution in [3.8, 4) is 5.75 Å². The van der Waals surface area contributed by atoms with E-state index in [0.717, 1.165) is 5.56 Å². The summed E-state index contributed by atoms with van der Waals surface area (Å²) in [5, 5.41) is -0.151. The molecule has 0 spiro atoms. The zero-order chi connectivity index (χ0) is 10.6. The highest BCUT2D eigenvalue weighted by Gasteiger charge is 2.07. The Bertz CT molecular complexity index is 323. The predicted molar refractivity (Wildman–Crippen MR) is 56.4 cm³/mol. The van der Waals surface area contributed by atoms with Crippen molar-refractivity contribution in [2.45, 2.75) is 12.3 Å². The fourth-order valence-electron chi connectivity index (χ4n) is 1.03. The van der Waals surface area contributed by atoms with Crippen LogP contribution in [0.2, 0.25) is 0 Å². The number of hydrogen-bond donors (Lipinski definition) is 0. The van der Waals surface area contributed by atoms with E-state index in [1.807, 2.05) is 6.92 Å². The molecule has 0 bridgehead atoms. The van der Waals surface area contributed by atoms with E-state index < -0.39 is 0 Å². The minimum absolute atomic E-state index is 0.151. The number of alkyl halides is 1. The third-order valence-corrected chi connectivity index (χ3v) is 2.02. The Morgan fingerprint density at radius 1 is 1.64 bits per heavy atom. The third-order valence-electron chi connectivity index (χ3n) is 1.77. The Balaban J connectivity index is 2.90. The van der Waals surface area contributed by atoms with E-state index in [-0.39, 0.29) is 23.6 Å². The highest BCUT2D eigenvalue weighted by molar-refractivity contribution is 6.20. The van der Waals surface area contributed by atoms with Crippen LogP contribution in [0.3, 0.4) is 0 Å². The highest BCUT2D eigenvalue weighted by atomic mass is 35.5. The second-order valence-corrected chi connectivity index (χ2v) is 3.56. The maximum Gasteiger partial charge on any atom is 0.165 e. The van der Waals surface area contributed by atoms with Crippen LogP contribution in [0.5, 0.6) is 5.75 Å². The van der Waals surface area contributed by atoms with Gasteiger partial charge in [-0.1, -0.05) is 18.7 Å². The van der Waals surface area contributed by atoms with E-state index in [0.29, 0.717) is 0 Å². The molecule has 1 atom stereocenters. The fourth-order valence-corrected chi connectivity index (χ4v) is 1.16. The van der Waals surface area contributed by atoms with Crippen LogP contribution in [0.4, 0.5) is 4.39 Å². The summed E-state index contributed by atoms with van der Waals surface area (Å²) in [7, 11) is 0. The summed E-state index contributed by atoms with van der Waals surface area (Å²) in [6.45, 7) is 5.60. The molecule has 0 heterocycles. The number of hydrogen-bond acceptors (Lipinski definition) is 1. The Morgan fingerprint density at radius 2 is 2.36 bits per heavy atom. The summed E-state index contributed by atoms with van der Waals surface area (Å²) in [5.41, 5.74) is 0.840. The van der Waals surface area contributed by atoms with Crippen molar-refractivity contribution in [3.05, 3.63) is 42.2 Å². The zero-order valence-electron chi connectivity index (χ0n) is 7.97. The maximum absolute atomic E-state index is 13.2. The lowest BCUT2D eigenvalue weighted by Crippen LogP contribution is -1.97. The van der Waals surface area contributed by atoms with Gasteiger partial charge in [0, 0.05) is 0 Å². The standard InChI is InChI=1S/C11H12ClFO/c1-3-6-14-11-7-9(8(2)12)4-5-10(11)13/h3-5,7-8H,1,6H2,2H3/t8-/m0/s1. The minimum Gasteiger partial charge on any atom is -0.486 e. The van der Waals surface area contributed by atoms with Gasteiger partial charge in [0.25, 0.3) is 0 Å². The van der Waals surface area contributed by atoms with Crippen LogP contribution in [0.25, 0.3) is 0 Å². The van der Waals surface area contributed by atoms with Crippen LogP contribution in [-0.2, 0) is 0 Å². The molecule has 0 fully saturated rings. The molecular formula is C11H12ClFO. The molecule has 0 unspecified atom stereocenters. The first-order chi connectivity index (χ1) is 6.65. The van der Waals surface area contributed by atoms with Crippen molar-refractivity contribution < 1.29 is 9.13 Å². The molecule has 0 radical (unpaired) electrons. The second-order valence-electron chi connectivity index (χ2n) is 2.91. The topological polar surface area (TPSA) is 9.23 Å². The maximum atomic E-state index is 13.2. The molecule has 1 aromatic carbocycles. The Labute approximate surface area is 88.1 Å². The van der Waals surface area contributed by atoms with Crippen molar-refractivity contribution in [1.82, 2.24) is 0 Å². The van der Waals surface area contributed by atoms with Crippen molar-refractivity contribution in [1.29, 1.82) is 0 Å². The van der Waals surface area contributed by atoms with Crippen LogP contribution >= 0.6 is 11.6 Å². The molecule has 1 aromatic rings. The quantitative estimate of drug-likeness (QED) is 0.549. The van der Waals surface area contributed by atoms with Crippen LogP contribution in [0.15, 0.2) is 30.9 Å². The van der Waals surface area contributed by atoms with Gasteiger partial charge >= 0.3 is 0 Å². The molecule has 3 heteroatoms. The first-order valence-electron chi connectivity index (χ1n) is 4.32. The third kappa shape index (κ3) is 2.74. The van der Waals surface area contributed by atoms with E-state index in [2.05, 4.69) is 6.58 Å². The van der Waals surface area contributed by atoms with Gasteiger partial charge in [-0.25, -0.2) is 4.39 Å². The van der Waals surface area contributed by atoms with Gasteiger partial charge in [-0.05, 0) is 24.6 Å². The number of rotatable bonds is 4. The molecule has 0 saturated heterocycles. The average Bonchev–Trinajstić information content (AvgIpc) is 2.16. The molecular weight excluding hydrogens is 203 g/mol. The van der Waals surface area contributed by atoms with Crippen molar-refractivity contribution in [3.63, 3.8) is 0 Å². The lowest BCUT2D eigenvalue weighted by Gasteiger charge is -2.08. The second kappa shape index (κ2) is 5.01. The molecule has 0 N–H and O–H groups in total. The first-order valence-corrected chi connectivity index (χ1v) is 4.76. The van der Waals surface area contributed by atoms with E-state index in [9.17, 15) is 4.39 Å². The van der Waals surface area contributed by atoms with Crippen LogP contribution in [-0.4, -0.2) is 6.61 Å². The summed E-state index contributed by atoms with van der Waals surface area (Å²) in [5.74, 6) is -0.164. The Morgan fingerprint density at radius 3 is 2.93 bits per heavy atom. The molecule has 0 amide bonds. The predicted octanol–water partition coefficient (Wildman–Crippen LogP) is 3.69. The smallest absolute Gasteiger partial charge is 0.165 e. The van der Waals surface area contributed by atoms with Crippen molar-refractivity contribution >= 4 is 11.6 Å². The summed E-state index contributed by atoms with van der Waals surface area (Å²) >= 11 is 5.86. The van der Waals surface area contributed by atoms with Gasteiger partial charge < -0.3 is 4.74 Å². The van der Waals surface area contributed by atoms with Crippen molar-refractivity contribution in [2.24, 2.45) is 0 Å². The summed E-state index contributed by atoms with van der Waals surface area (Å²) < 4.78 is 18.3. The molecule has 0 aliphatic heterocycles. The monoisotopic (exact) mass is 214 g/mol. The van der Waals surface area contributed by atoms with Gasteiger partial charge in [0.2, 0.25) is 0 Å². The average molecular weight is 215 g/mol. The minimum atomic E-state index is -0.382. The zero-order valence-corrected chi connectivity index (χ0v) is 8.72. The van der Waals surface area contributed by atoms with Crippen LogP contribution < -0.4 is 4.74 Å². The molecule has 76 valence electrons. The number of benzene rings is 1.